The smallest absolute Gasteiger partial charge is 0.274 e. The fraction of sp³-hybridized carbons (Fsp3) is 0.294. The summed E-state index contributed by atoms with van der Waals surface area (Å²) >= 11 is 0. The lowest BCUT2D eigenvalue weighted by atomic mass is 10.1. The Hall–Kier alpha value is -2.76. The Morgan fingerprint density at radius 1 is 1.17 bits per heavy atom. The van der Waals surface area contributed by atoms with Gasteiger partial charge in [-0.05, 0) is 25.0 Å². The Balaban J connectivity index is 2.10. The summed E-state index contributed by atoms with van der Waals surface area (Å²) < 4.78 is 0. The van der Waals surface area contributed by atoms with Gasteiger partial charge in [0.25, 0.3) is 5.91 Å². The molecule has 0 bridgehead atoms. The molecule has 2 N–H and O–H groups in total. The third-order valence-corrected chi connectivity index (χ3v) is 3.12. The van der Waals surface area contributed by atoms with Crippen LogP contribution in [-0.2, 0) is 0 Å². The van der Waals surface area contributed by atoms with Gasteiger partial charge in [-0.2, -0.15) is 0 Å². The number of nitrogens with one attached hydrogen (secondary N) is 2. The van der Waals surface area contributed by atoms with Gasteiger partial charge in [-0.3, -0.25) is 9.59 Å². The zero-order valence-electron chi connectivity index (χ0n) is 13.5. The van der Waals surface area contributed by atoms with E-state index in [0.29, 0.717) is 23.0 Å². The monoisotopic (exact) mass is 312 g/mol. The summed E-state index contributed by atoms with van der Waals surface area (Å²) in [6.07, 6.45) is 1.35. The van der Waals surface area contributed by atoms with Crippen molar-refractivity contribution >= 4 is 23.2 Å². The van der Waals surface area contributed by atoms with Crippen molar-refractivity contribution < 1.29 is 9.59 Å². The van der Waals surface area contributed by atoms with E-state index in [-0.39, 0.29) is 17.4 Å². The van der Waals surface area contributed by atoms with Crippen LogP contribution in [-0.4, -0.2) is 28.2 Å². The maximum atomic E-state index is 12.3. The lowest BCUT2D eigenvalue weighted by Crippen LogP contribution is -2.16. The minimum atomic E-state index is -0.347. The average Bonchev–Trinajstić information content (AvgIpc) is 2.53. The molecule has 1 aromatic carbocycles. The number of hydrogen-bond acceptors (Lipinski definition) is 5. The third-order valence-electron chi connectivity index (χ3n) is 3.12. The van der Waals surface area contributed by atoms with Crippen LogP contribution in [0.1, 0.15) is 41.6 Å². The van der Waals surface area contributed by atoms with Crippen molar-refractivity contribution in [1.82, 2.24) is 9.97 Å². The molecule has 0 atom stereocenters. The van der Waals surface area contributed by atoms with E-state index in [9.17, 15) is 9.59 Å². The lowest BCUT2D eigenvalue weighted by molar-refractivity contribution is 0.100. The van der Waals surface area contributed by atoms with Crippen LogP contribution in [0, 0.1) is 5.92 Å². The zero-order chi connectivity index (χ0) is 16.8. The highest BCUT2D eigenvalue weighted by Crippen LogP contribution is 2.13. The fourth-order valence-electron chi connectivity index (χ4n) is 1.90. The maximum Gasteiger partial charge on any atom is 0.274 e. The van der Waals surface area contributed by atoms with E-state index in [2.05, 4.69) is 34.4 Å². The highest BCUT2D eigenvalue weighted by molar-refractivity contribution is 6.04. The molecule has 0 spiro atoms. The number of rotatable bonds is 6. The molecule has 0 aliphatic heterocycles. The summed E-state index contributed by atoms with van der Waals surface area (Å²) in [6.45, 7) is 6.42. The standard InChI is InChI=1S/C17H20N4O2/c1-11(2)9-18-16-8-15(19-10-20-16)17(23)21-14-6-4-5-13(7-14)12(3)22/h4-8,10-11H,9H2,1-3H3,(H,21,23)(H,18,19,20). The first-order valence-corrected chi connectivity index (χ1v) is 7.44. The zero-order valence-corrected chi connectivity index (χ0v) is 13.5. The summed E-state index contributed by atoms with van der Waals surface area (Å²) in [7, 11) is 0. The van der Waals surface area contributed by atoms with Gasteiger partial charge in [-0.15, -0.1) is 0 Å². The number of benzene rings is 1. The molecule has 23 heavy (non-hydrogen) atoms. The van der Waals surface area contributed by atoms with Gasteiger partial charge in [0.2, 0.25) is 0 Å². The van der Waals surface area contributed by atoms with Crippen molar-refractivity contribution in [1.29, 1.82) is 0 Å². The van der Waals surface area contributed by atoms with Gasteiger partial charge in [0.15, 0.2) is 5.78 Å². The molecule has 1 aromatic heterocycles. The number of ketones is 1. The number of nitrogens with zero attached hydrogens (tertiary/aromatic N) is 2. The van der Waals surface area contributed by atoms with Crippen LogP contribution in [0.2, 0.25) is 0 Å². The quantitative estimate of drug-likeness (QED) is 0.801. The SMILES string of the molecule is CC(=O)c1cccc(NC(=O)c2cc(NCC(C)C)ncn2)c1. The van der Waals surface area contributed by atoms with Crippen molar-refractivity contribution in [2.24, 2.45) is 5.92 Å². The Kier molecular flexibility index (Phi) is 5.41. The molecule has 120 valence electrons. The van der Waals surface area contributed by atoms with Crippen LogP contribution < -0.4 is 10.6 Å². The van der Waals surface area contributed by atoms with Crippen molar-refractivity contribution in [3.8, 4) is 0 Å². The Morgan fingerprint density at radius 2 is 1.96 bits per heavy atom. The second-order valence-electron chi connectivity index (χ2n) is 5.65. The van der Waals surface area contributed by atoms with Crippen LogP contribution in [0.5, 0.6) is 0 Å². The van der Waals surface area contributed by atoms with E-state index in [4.69, 9.17) is 0 Å². The molecule has 2 rings (SSSR count). The molecule has 6 heteroatoms. The van der Waals surface area contributed by atoms with Crippen LogP contribution in [0.3, 0.4) is 0 Å². The predicted molar refractivity (Wildman–Crippen MR) is 89.8 cm³/mol. The molecule has 0 saturated carbocycles. The van der Waals surface area contributed by atoms with E-state index in [1.807, 2.05) is 0 Å². The molecular formula is C17H20N4O2. The minimum absolute atomic E-state index is 0.0525. The normalized spacial score (nSPS) is 10.4. The molecule has 1 heterocycles. The van der Waals surface area contributed by atoms with Gasteiger partial charge in [0, 0.05) is 23.9 Å². The van der Waals surface area contributed by atoms with Gasteiger partial charge in [0.1, 0.15) is 17.8 Å². The van der Waals surface area contributed by atoms with E-state index in [1.54, 1.807) is 30.3 Å². The third kappa shape index (κ3) is 4.88. The van der Waals surface area contributed by atoms with Crippen molar-refractivity contribution in [2.45, 2.75) is 20.8 Å². The van der Waals surface area contributed by atoms with Gasteiger partial charge in [-0.1, -0.05) is 26.0 Å². The van der Waals surface area contributed by atoms with Crippen LogP contribution in [0.15, 0.2) is 36.7 Å². The number of carbonyl (C=O) groups excluding carboxylic acids is 2. The van der Waals surface area contributed by atoms with Crippen LogP contribution in [0.4, 0.5) is 11.5 Å². The van der Waals surface area contributed by atoms with Gasteiger partial charge in [0.05, 0.1) is 0 Å². The summed E-state index contributed by atoms with van der Waals surface area (Å²) in [6, 6.07) is 8.40. The Labute approximate surface area is 135 Å². The highest BCUT2D eigenvalue weighted by atomic mass is 16.2. The van der Waals surface area contributed by atoms with Crippen LogP contribution >= 0.6 is 0 Å². The van der Waals surface area contributed by atoms with Gasteiger partial charge >= 0.3 is 0 Å². The van der Waals surface area contributed by atoms with Gasteiger partial charge in [-0.25, -0.2) is 9.97 Å². The summed E-state index contributed by atoms with van der Waals surface area (Å²) in [5.41, 5.74) is 1.36. The molecule has 6 nitrogen and oxygen atoms in total. The van der Waals surface area contributed by atoms with Gasteiger partial charge < -0.3 is 10.6 Å². The second-order valence-corrected chi connectivity index (χ2v) is 5.65. The highest BCUT2D eigenvalue weighted by Gasteiger charge is 2.10. The van der Waals surface area contributed by atoms with E-state index in [0.717, 1.165) is 6.54 Å². The lowest BCUT2D eigenvalue weighted by Gasteiger charge is -2.09. The number of anilines is 2. The summed E-state index contributed by atoms with van der Waals surface area (Å²) in [4.78, 5) is 31.7. The number of aromatic nitrogens is 2. The number of hydrogen-bond donors (Lipinski definition) is 2. The fourth-order valence-corrected chi connectivity index (χ4v) is 1.90. The van der Waals surface area contributed by atoms with Crippen molar-refractivity contribution in [3.63, 3.8) is 0 Å². The largest absolute Gasteiger partial charge is 0.370 e. The molecule has 0 aliphatic rings. The van der Waals surface area contributed by atoms with E-state index >= 15 is 0 Å². The Bertz CT molecular complexity index is 713. The number of carbonyl (C=O) groups is 2. The summed E-state index contributed by atoms with van der Waals surface area (Å²) in [5.74, 6) is 0.678. The molecule has 0 saturated heterocycles. The average molecular weight is 312 g/mol. The molecule has 1 amide bonds. The van der Waals surface area contributed by atoms with E-state index in [1.165, 1.54) is 13.3 Å². The predicted octanol–water partition coefficient (Wildman–Crippen LogP) is 3.00. The molecular weight excluding hydrogens is 292 g/mol. The first kappa shape index (κ1) is 16.6. The molecule has 0 radical (unpaired) electrons. The first-order valence-electron chi connectivity index (χ1n) is 7.44. The molecule has 2 aromatic rings. The minimum Gasteiger partial charge on any atom is -0.370 e. The first-order chi connectivity index (χ1) is 11.0. The Morgan fingerprint density at radius 3 is 2.65 bits per heavy atom. The number of Topliss-reactive ketones (excluding diaryl/α,β-unsaturated/α-hetero) is 1. The molecule has 0 fully saturated rings. The van der Waals surface area contributed by atoms with E-state index < -0.39 is 0 Å². The maximum absolute atomic E-state index is 12.3. The van der Waals surface area contributed by atoms with Crippen molar-refractivity contribution in [2.75, 3.05) is 17.2 Å². The topological polar surface area (TPSA) is 84.0 Å². The molecule has 0 aliphatic carbocycles. The van der Waals surface area contributed by atoms with Crippen LogP contribution in [0.25, 0.3) is 0 Å². The molecule has 0 unspecified atom stereocenters. The second kappa shape index (κ2) is 7.49. The number of amides is 1. The van der Waals surface area contributed by atoms with Crippen molar-refractivity contribution in [3.05, 3.63) is 47.9 Å². The summed E-state index contributed by atoms with van der Waals surface area (Å²) in [5, 5.41) is 5.89.